The monoisotopic (exact) mass is 484 g/mol. The summed E-state index contributed by atoms with van der Waals surface area (Å²) in [5.41, 5.74) is 10.3. The Morgan fingerprint density at radius 2 is 1.89 bits per heavy atom. The Bertz CT molecular complexity index is 1270. The minimum Gasteiger partial charge on any atom is -0.507 e. The van der Waals surface area contributed by atoms with E-state index in [2.05, 4.69) is 47.9 Å². The summed E-state index contributed by atoms with van der Waals surface area (Å²) in [6.45, 7) is 6.22. The van der Waals surface area contributed by atoms with Gasteiger partial charge in [-0.1, -0.05) is 18.2 Å². The van der Waals surface area contributed by atoms with E-state index in [4.69, 9.17) is 4.74 Å². The highest BCUT2D eigenvalue weighted by atomic mass is 16.5. The number of ether oxygens (including phenoxy) is 1. The second-order valence-electron chi connectivity index (χ2n) is 10.1. The number of piperidine rings is 1. The molecule has 1 fully saturated rings. The van der Waals surface area contributed by atoms with Crippen molar-refractivity contribution in [3.05, 3.63) is 81.6 Å². The van der Waals surface area contributed by atoms with Crippen LogP contribution in [0.1, 0.15) is 67.7 Å². The normalized spacial score (nSPS) is 18.1. The molecule has 0 unspecified atom stereocenters. The number of rotatable bonds is 7. The second-order valence-corrected chi connectivity index (χ2v) is 10.1. The Morgan fingerprint density at radius 1 is 1.06 bits per heavy atom. The lowest BCUT2D eigenvalue weighted by Gasteiger charge is -2.27. The molecule has 0 saturated carbocycles. The van der Waals surface area contributed by atoms with Gasteiger partial charge in [0.2, 0.25) is 0 Å². The van der Waals surface area contributed by atoms with Crippen LogP contribution in [-0.4, -0.2) is 30.6 Å². The van der Waals surface area contributed by atoms with Crippen molar-refractivity contribution in [3.63, 3.8) is 0 Å². The lowest BCUT2D eigenvalue weighted by atomic mass is 9.83. The fourth-order valence-corrected chi connectivity index (χ4v) is 5.47. The lowest BCUT2D eigenvalue weighted by molar-refractivity contribution is -0.117. The Morgan fingerprint density at radius 3 is 2.72 bits per heavy atom. The van der Waals surface area contributed by atoms with Crippen LogP contribution in [0.4, 0.5) is 5.69 Å². The van der Waals surface area contributed by atoms with E-state index in [0.717, 1.165) is 85.3 Å². The number of Topliss-reactive ketones (excluding diaryl/α,β-unsaturated/α-hetero) is 1. The van der Waals surface area contributed by atoms with Gasteiger partial charge in [0.1, 0.15) is 17.3 Å². The minimum atomic E-state index is 0.188. The molecule has 188 valence electrons. The molecule has 1 saturated heterocycles. The van der Waals surface area contributed by atoms with E-state index in [1.807, 2.05) is 12.1 Å². The number of benzene rings is 2. The van der Waals surface area contributed by atoms with Crippen LogP contribution in [0.2, 0.25) is 0 Å². The van der Waals surface area contributed by atoms with Gasteiger partial charge in [-0.2, -0.15) is 0 Å². The summed E-state index contributed by atoms with van der Waals surface area (Å²) in [5.74, 6) is 1.31. The number of anilines is 1. The molecular formula is C31H36N2O3. The van der Waals surface area contributed by atoms with E-state index in [1.54, 1.807) is 6.92 Å². The Kier molecular flexibility index (Phi) is 7.17. The highest BCUT2D eigenvalue weighted by Gasteiger charge is 2.23. The summed E-state index contributed by atoms with van der Waals surface area (Å²) in [6.07, 6.45) is 11.0. The topological polar surface area (TPSA) is 70.6 Å². The third-order valence-electron chi connectivity index (χ3n) is 7.32. The maximum atomic E-state index is 11.2. The van der Waals surface area contributed by atoms with Crippen molar-refractivity contribution in [2.45, 2.75) is 58.8 Å². The van der Waals surface area contributed by atoms with E-state index in [-0.39, 0.29) is 5.78 Å². The second kappa shape index (κ2) is 10.7. The molecule has 2 aromatic rings. The molecule has 0 radical (unpaired) electrons. The van der Waals surface area contributed by atoms with Crippen molar-refractivity contribution in [1.29, 1.82) is 0 Å². The largest absolute Gasteiger partial charge is 0.507 e. The summed E-state index contributed by atoms with van der Waals surface area (Å²) in [4.78, 5) is 11.2. The molecule has 0 amide bonds. The third kappa shape index (κ3) is 5.20. The molecule has 0 spiro atoms. The number of fused-ring (bicyclic) bond motifs is 2. The number of carbonyl (C=O) groups excluding carboxylic acids is 1. The van der Waals surface area contributed by atoms with Gasteiger partial charge < -0.3 is 25.3 Å². The van der Waals surface area contributed by atoms with Crippen molar-refractivity contribution in [1.82, 2.24) is 5.32 Å². The van der Waals surface area contributed by atoms with Crippen LogP contribution >= 0.6 is 0 Å². The first-order chi connectivity index (χ1) is 17.5. The molecule has 0 atom stereocenters. The number of phenolic OH excluding ortho intramolecular Hbond substituents is 1. The highest BCUT2D eigenvalue weighted by Crippen LogP contribution is 2.42. The molecule has 5 heteroatoms. The Labute approximate surface area is 214 Å². The number of phenols is 1. The SMILES string of the molecule is CC(=O)CCCOc1ccc(/C(=C2\C=C3CCCNC3=CC2)c2cc3c(cc2O)NCCC3)c(C)c1. The maximum absolute atomic E-state index is 11.2. The molecule has 1 aliphatic carbocycles. The first-order valence-electron chi connectivity index (χ1n) is 13.2. The molecule has 0 aromatic heterocycles. The van der Waals surface area contributed by atoms with Gasteiger partial charge in [-0.05, 0) is 104 Å². The van der Waals surface area contributed by atoms with Crippen molar-refractivity contribution in [2.24, 2.45) is 0 Å². The fourth-order valence-electron chi connectivity index (χ4n) is 5.47. The predicted octanol–water partition coefficient (Wildman–Crippen LogP) is 6.21. The molecule has 5 rings (SSSR count). The highest BCUT2D eigenvalue weighted by molar-refractivity contribution is 5.89. The number of aryl methyl sites for hydroxylation is 2. The van der Waals surface area contributed by atoms with Crippen LogP contribution in [0.15, 0.2) is 59.3 Å². The number of ketones is 1. The molecule has 2 heterocycles. The smallest absolute Gasteiger partial charge is 0.129 e. The van der Waals surface area contributed by atoms with Crippen molar-refractivity contribution < 1.29 is 14.6 Å². The van der Waals surface area contributed by atoms with Gasteiger partial charge in [0.05, 0.1) is 6.61 Å². The molecule has 5 nitrogen and oxygen atoms in total. The zero-order valence-corrected chi connectivity index (χ0v) is 21.4. The predicted molar refractivity (Wildman–Crippen MR) is 146 cm³/mol. The van der Waals surface area contributed by atoms with Gasteiger partial charge in [-0.15, -0.1) is 0 Å². The minimum absolute atomic E-state index is 0.188. The molecule has 0 bridgehead atoms. The average molecular weight is 485 g/mol. The van der Waals surface area contributed by atoms with Crippen molar-refractivity contribution in [3.8, 4) is 11.5 Å². The van der Waals surface area contributed by atoms with E-state index >= 15 is 0 Å². The summed E-state index contributed by atoms with van der Waals surface area (Å²) >= 11 is 0. The van der Waals surface area contributed by atoms with E-state index in [9.17, 15) is 9.90 Å². The van der Waals surface area contributed by atoms with Crippen LogP contribution in [0, 0.1) is 6.92 Å². The van der Waals surface area contributed by atoms with Gasteiger partial charge in [-0.25, -0.2) is 0 Å². The van der Waals surface area contributed by atoms with E-state index in [0.29, 0.717) is 18.8 Å². The molecule has 2 aromatic carbocycles. The van der Waals surface area contributed by atoms with Crippen molar-refractivity contribution in [2.75, 3.05) is 25.0 Å². The lowest BCUT2D eigenvalue weighted by Crippen LogP contribution is -2.23. The zero-order chi connectivity index (χ0) is 25.1. The van der Waals surface area contributed by atoms with Gasteiger partial charge in [-0.3, -0.25) is 0 Å². The van der Waals surface area contributed by atoms with E-state index in [1.165, 1.54) is 22.4 Å². The summed E-state index contributed by atoms with van der Waals surface area (Å²) < 4.78 is 5.94. The fraction of sp³-hybridized carbons (Fsp3) is 0.387. The molecule has 2 aliphatic heterocycles. The summed E-state index contributed by atoms with van der Waals surface area (Å²) in [7, 11) is 0. The van der Waals surface area contributed by atoms with Gasteiger partial charge >= 0.3 is 0 Å². The van der Waals surface area contributed by atoms with Crippen LogP contribution in [0.5, 0.6) is 11.5 Å². The van der Waals surface area contributed by atoms with Crippen LogP contribution < -0.4 is 15.4 Å². The first kappa shape index (κ1) is 24.2. The first-order valence-corrected chi connectivity index (χ1v) is 13.2. The summed E-state index contributed by atoms with van der Waals surface area (Å²) in [5, 5.41) is 18.2. The summed E-state index contributed by atoms with van der Waals surface area (Å²) in [6, 6.07) is 10.3. The number of hydrogen-bond donors (Lipinski definition) is 3. The quantitative estimate of drug-likeness (QED) is 0.408. The Balaban J connectivity index is 1.56. The molecular weight excluding hydrogens is 448 g/mol. The zero-order valence-electron chi connectivity index (χ0n) is 21.4. The Hall–Kier alpha value is -3.47. The molecule has 36 heavy (non-hydrogen) atoms. The third-order valence-corrected chi connectivity index (χ3v) is 7.32. The standard InChI is InChI=1S/C31H36N2O3/c1-20-16-25(36-15-5-6-21(2)34)10-11-26(20)31(24-9-12-28-22(17-24)7-3-13-32-28)27-18-23-8-4-14-33-29(23)19-30(27)35/h10-12,16-19,32-33,35H,3-9,13-15H2,1-2H3/b31-24+. The van der Waals surface area contributed by atoms with E-state index < -0.39 is 0 Å². The van der Waals surface area contributed by atoms with Crippen molar-refractivity contribution >= 4 is 17.0 Å². The number of aromatic hydroxyl groups is 1. The number of nitrogens with one attached hydrogen (secondary N) is 2. The molecule has 3 aliphatic rings. The van der Waals surface area contributed by atoms with Gasteiger partial charge in [0.15, 0.2) is 0 Å². The molecule has 3 N–H and O–H groups in total. The van der Waals surface area contributed by atoms with Crippen LogP contribution in [-0.2, 0) is 11.2 Å². The van der Waals surface area contributed by atoms with Crippen LogP contribution in [0.3, 0.4) is 0 Å². The maximum Gasteiger partial charge on any atom is 0.129 e. The van der Waals surface area contributed by atoms with Gasteiger partial charge in [0.25, 0.3) is 0 Å². The number of allylic oxidation sites excluding steroid dienone is 4. The number of hydrogen-bond acceptors (Lipinski definition) is 5. The number of carbonyl (C=O) groups is 1. The average Bonchev–Trinajstić information content (AvgIpc) is 2.88. The van der Waals surface area contributed by atoms with Crippen LogP contribution in [0.25, 0.3) is 5.57 Å². The van der Waals surface area contributed by atoms with Gasteiger partial charge in [0, 0.05) is 42.5 Å².